The average molecular weight is 408 g/mol. The van der Waals surface area contributed by atoms with Gasteiger partial charge in [0.25, 0.3) is 11.6 Å². The van der Waals surface area contributed by atoms with Crippen LogP contribution in [0.5, 0.6) is 5.75 Å². The van der Waals surface area contributed by atoms with Gasteiger partial charge in [-0.2, -0.15) is 0 Å². The fourth-order valence-corrected chi connectivity index (χ4v) is 3.43. The Morgan fingerprint density at radius 3 is 2.28 bits per heavy atom. The number of thioether (sulfide) groups is 1. The topological polar surface area (TPSA) is 81.5 Å². The van der Waals surface area contributed by atoms with Gasteiger partial charge < -0.3 is 10.1 Å². The van der Waals surface area contributed by atoms with Gasteiger partial charge in [0.2, 0.25) is 0 Å². The van der Waals surface area contributed by atoms with Crippen molar-refractivity contribution in [3.05, 3.63) is 99.6 Å². The Balaban J connectivity index is 2.00. The van der Waals surface area contributed by atoms with Gasteiger partial charge in [-0.15, -0.1) is 11.8 Å². The first-order valence-electron chi connectivity index (χ1n) is 8.85. The summed E-state index contributed by atoms with van der Waals surface area (Å²) in [6, 6.07) is 20.9. The SMILES string of the molecule is COc1ccc(C(NC(=O)c2cc(SC)ccc2[N+](=O)[O-])c2ccccc2)cc1. The van der Waals surface area contributed by atoms with Crippen molar-refractivity contribution in [2.24, 2.45) is 0 Å². The van der Waals surface area contributed by atoms with Crippen molar-refractivity contribution in [2.45, 2.75) is 10.9 Å². The van der Waals surface area contributed by atoms with Gasteiger partial charge in [-0.1, -0.05) is 42.5 Å². The fourth-order valence-electron chi connectivity index (χ4n) is 2.99. The van der Waals surface area contributed by atoms with E-state index in [1.54, 1.807) is 19.2 Å². The molecular formula is C22H20N2O4S. The van der Waals surface area contributed by atoms with Crippen molar-refractivity contribution in [3.63, 3.8) is 0 Å². The van der Waals surface area contributed by atoms with Crippen LogP contribution < -0.4 is 10.1 Å². The molecule has 0 aromatic heterocycles. The molecule has 0 aliphatic rings. The van der Waals surface area contributed by atoms with Crippen molar-refractivity contribution in [1.82, 2.24) is 5.32 Å². The lowest BCUT2D eigenvalue weighted by Gasteiger charge is -2.20. The van der Waals surface area contributed by atoms with Crippen LogP contribution in [0, 0.1) is 10.1 Å². The molecule has 0 aliphatic heterocycles. The molecule has 1 N–H and O–H groups in total. The number of nitrogens with zero attached hydrogens (tertiary/aromatic N) is 1. The first-order chi connectivity index (χ1) is 14.0. The fraction of sp³-hybridized carbons (Fsp3) is 0.136. The van der Waals surface area contributed by atoms with Gasteiger partial charge in [-0.05, 0) is 41.6 Å². The van der Waals surface area contributed by atoms with E-state index in [9.17, 15) is 14.9 Å². The number of nitrogens with one attached hydrogen (secondary N) is 1. The van der Waals surface area contributed by atoms with E-state index in [1.807, 2.05) is 60.9 Å². The molecule has 1 atom stereocenters. The maximum absolute atomic E-state index is 13.1. The lowest BCUT2D eigenvalue weighted by molar-refractivity contribution is -0.385. The average Bonchev–Trinajstić information content (AvgIpc) is 2.77. The van der Waals surface area contributed by atoms with Crippen LogP contribution in [0.2, 0.25) is 0 Å². The number of nitro benzene ring substituents is 1. The van der Waals surface area contributed by atoms with E-state index in [2.05, 4.69) is 5.32 Å². The summed E-state index contributed by atoms with van der Waals surface area (Å²) in [4.78, 5) is 24.7. The molecule has 0 spiro atoms. The van der Waals surface area contributed by atoms with Crippen LogP contribution in [-0.2, 0) is 0 Å². The highest BCUT2D eigenvalue weighted by Crippen LogP contribution is 2.28. The van der Waals surface area contributed by atoms with Crippen LogP contribution in [-0.4, -0.2) is 24.2 Å². The van der Waals surface area contributed by atoms with Gasteiger partial charge >= 0.3 is 0 Å². The molecular weight excluding hydrogens is 388 g/mol. The minimum Gasteiger partial charge on any atom is -0.497 e. The van der Waals surface area contributed by atoms with E-state index in [0.717, 1.165) is 16.0 Å². The van der Waals surface area contributed by atoms with E-state index in [1.165, 1.54) is 17.8 Å². The predicted molar refractivity (Wildman–Crippen MR) is 114 cm³/mol. The minimum atomic E-state index is -0.538. The summed E-state index contributed by atoms with van der Waals surface area (Å²) in [5.41, 5.74) is 1.53. The second kappa shape index (κ2) is 9.25. The Hall–Kier alpha value is -3.32. The molecule has 148 valence electrons. The number of carbonyl (C=O) groups excluding carboxylic acids is 1. The van der Waals surface area contributed by atoms with Gasteiger partial charge in [-0.3, -0.25) is 14.9 Å². The quantitative estimate of drug-likeness (QED) is 0.343. The van der Waals surface area contributed by atoms with Gasteiger partial charge in [0, 0.05) is 11.0 Å². The van der Waals surface area contributed by atoms with E-state index >= 15 is 0 Å². The van der Waals surface area contributed by atoms with Crippen LogP contribution in [0.25, 0.3) is 0 Å². The van der Waals surface area contributed by atoms with E-state index in [0.29, 0.717) is 5.75 Å². The van der Waals surface area contributed by atoms with Crippen LogP contribution in [0.4, 0.5) is 5.69 Å². The molecule has 3 aromatic rings. The van der Waals surface area contributed by atoms with Gasteiger partial charge in [-0.25, -0.2) is 0 Å². The molecule has 0 heterocycles. The largest absolute Gasteiger partial charge is 0.497 e. The number of ether oxygens (including phenoxy) is 1. The molecule has 0 bridgehead atoms. The Kier molecular flexibility index (Phi) is 6.51. The second-order valence-electron chi connectivity index (χ2n) is 6.23. The maximum Gasteiger partial charge on any atom is 0.282 e. The van der Waals surface area contributed by atoms with Crippen molar-refractivity contribution < 1.29 is 14.5 Å². The summed E-state index contributed by atoms with van der Waals surface area (Å²) in [5.74, 6) is 0.201. The Morgan fingerprint density at radius 2 is 1.69 bits per heavy atom. The lowest BCUT2D eigenvalue weighted by atomic mass is 9.98. The van der Waals surface area contributed by atoms with Gasteiger partial charge in [0.05, 0.1) is 18.1 Å². The summed E-state index contributed by atoms with van der Waals surface area (Å²) in [5, 5.41) is 14.4. The van der Waals surface area contributed by atoms with Gasteiger partial charge in [0.1, 0.15) is 11.3 Å². The standard InChI is InChI=1S/C22H20N2O4S/c1-28-17-10-8-16(9-11-17)21(15-6-4-3-5-7-15)23-22(25)19-14-18(29-2)12-13-20(19)24(26)27/h3-14,21H,1-2H3,(H,23,25). The second-order valence-corrected chi connectivity index (χ2v) is 7.11. The molecule has 3 aromatic carbocycles. The molecule has 1 amide bonds. The van der Waals surface area contributed by atoms with E-state index < -0.39 is 16.9 Å². The molecule has 6 nitrogen and oxygen atoms in total. The van der Waals surface area contributed by atoms with Crippen molar-refractivity contribution in [1.29, 1.82) is 0 Å². The predicted octanol–water partition coefficient (Wildman–Crippen LogP) is 4.84. The van der Waals surface area contributed by atoms with Crippen LogP contribution in [0.15, 0.2) is 77.7 Å². The van der Waals surface area contributed by atoms with E-state index in [-0.39, 0.29) is 11.3 Å². The zero-order valence-electron chi connectivity index (χ0n) is 16.0. The van der Waals surface area contributed by atoms with Crippen molar-refractivity contribution >= 4 is 23.4 Å². The number of hydrogen-bond acceptors (Lipinski definition) is 5. The lowest BCUT2D eigenvalue weighted by Crippen LogP contribution is -2.30. The zero-order chi connectivity index (χ0) is 20.8. The summed E-state index contributed by atoms with van der Waals surface area (Å²) >= 11 is 1.42. The summed E-state index contributed by atoms with van der Waals surface area (Å²) < 4.78 is 5.21. The van der Waals surface area contributed by atoms with Crippen LogP contribution >= 0.6 is 11.8 Å². The van der Waals surface area contributed by atoms with Crippen molar-refractivity contribution in [2.75, 3.05) is 13.4 Å². The molecule has 3 rings (SSSR count). The molecule has 0 fully saturated rings. The number of carbonyl (C=O) groups is 1. The third-order valence-electron chi connectivity index (χ3n) is 4.50. The number of nitro groups is 1. The molecule has 29 heavy (non-hydrogen) atoms. The summed E-state index contributed by atoms with van der Waals surface area (Å²) in [7, 11) is 1.59. The molecule has 0 aliphatic carbocycles. The minimum absolute atomic E-state index is 0.0382. The first kappa shape index (κ1) is 20.4. The molecule has 7 heteroatoms. The Labute approximate surface area is 173 Å². The normalized spacial score (nSPS) is 11.5. The molecule has 0 saturated carbocycles. The highest BCUT2D eigenvalue weighted by atomic mass is 32.2. The van der Waals surface area contributed by atoms with Crippen LogP contribution in [0.3, 0.4) is 0 Å². The monoisotopic (exact) mass is 408 g/mol. The molecule has 1 unspecified atom stereocenters. The number of amides is 1. The number of benzene rings is 3. The van der Waals surface area contributed by atoms with Crippen molar-refractivity contribution in [3.8, 4) is 5.75 Å². The van der Waals surface area contributed by atoms with Crippen LogP contribution in [0.1, 0.15) is 27.5 Å². The molecule has 0 radical (unpaired) electrons. The Morgan fingerprint density at radius 1 is 1.03 bits per heavy atom. The maximum atomic E-state index is 13.1. The highest BCUT2D eigenvalue weighted by Gasteiger charge is 2.24. The smallest absolute Gasteiger partial charge is 0.282 e. The summed E-state index contributed by atoms with van der Waals surface area (Å²) in [6.07, 6.45) is 1.85. The third kappa shape index (κ3) is 4.75. The highest BCUT2D eigenvalue weighted by molar-refractivity contribution is 7.98. The zero-order valence-corrected chi connectivity index (χ0v) is 16.8. The first-order valence-corrected chi connectivity index (χ1v) is 10.1. The number of rotatable bonds is 7. The van der Waals surface area contributed by atoms with E-state index in [4.69, 9.17) is 4.74 Å². The third-order valence-corrected chi connectivity index (χ3v) is 5.23. The molecule has 0 saturated heterocycles. The van der Waals surface area contributed by atoms with Gasteiger partial charge in [0.15, 0.2) is 0 Å². The Bertz CT molecular complexity index is 1010. The number of methoxy groups -OCH3 is 1. The number of hydrogen-bond donors (Lipinski definition) is 1. The summed E-state index contributed by atoms with van der Waals surface area (Å²) in [6.45, 7) is 0.